The quantitative estimate of drug-likeness (QED) is 0.544. The average Bonchev–Trinajstić information content (AvgIpc) is 3.12. The lowest BCUT2D eigenvalue weighted by molar-refractivity contribution is 0.174. The van der Waals surface area contributed by atoms with E-state index in [0.717, 1.165) is 29.2 Å². The summed E-state index contributed by atoms with van der Waals surface area (Å²) in [5, 5.41) is 16.6. The Morgan fingerprint density at radius 1 is 1.19 bits per heavy atom. The molecule has 138 valence electrons. The van der Waals surface area contributed by atoms with Gasteiger partial charge >= 0.3 is 0 Å². The lowest BCUT2D eigenvalue weighted by Gasteiger charge is -2.13. The van der Waals surface area contributed by atoms with Crippen molar-refractivity contribution in [2.45, 2.75) is 20.0 Å². The van der Waals surface area contributed by atoms with Gasteiger partial charge in [0.1, 0.15) is 0 Å². The van der Waals surface area contributed by atoms with Crippen LogP contribution >= 0.6 is 0 Å². The van der Waals surface area contributed by atoms with E-state index in [0.29, 0.717) is 24.8 Å². The molecule has 0 saturated carbocycles. The largest absolute Gasteiger partial charge is 0.504 e. The van der Waals surface area contributed by atoms with Crippen molar-refractivity contribution in [1.82, 2.24) is 10.6 Å². The van der Waals surface area contributed by atoms with Crippen LogP contribution in [0, 0.1) is 0 Å². The van der Waals surface area contributed by atoms with Crippen LogP contribution in [0.25, 0.3) is 0 Å². The molecule has 0 fully saturated rings. The molecule has 0 amide bonds. The number of aromatic hydroxyl groups is 1. The summed E-state index contributed by atoms with van der Waals surface area (Å²) in [6.07, 6.45) is 0. The zero-order chi connectivity index (χ0) is 18.4. The van der Waals surface area contributed by atoms with Crippen LogP contribution in [0.1, 0.15) is 18.1 Å². The van der Waals surface area contributed by atoms with Crippen molar-refractivity contribution in [2.24, 2.45) is 4.99 Å². The molecular formula is C19H23N3O4. The maximum Gasteiger partial charge on any atom is 0.231 e. The van der Waals surface area contributed by atoms with Crippen LogP contribution in [-0.2, 0) is 13.1 Å². The second-order valence-electron chi connectivity index (χ2n) is 5.70. The second-order valence-corrected chi connectivity index (χ2v) is 5.70. The zero-order valence-electron chi connectivity index (χ0n) is 14.9. The number of nitrogens with zero attached hydrogens (tertiary/aromatic N) is 1. The van der Waals surface area contributed by atoms with E-state index in [4.69, 9.17) is 14.2 Å². The molecule has 2 aromatic carbocycles. The Kier molecular flexibility index (Phi) is 5.68. The van der Waals surface area contributed by atoms with Crippen molar-refractivity contribution in [3.05, 3.63) is 47.5 Å². The smallest absolute Gasteiger partial charge is 0.231 e. The van der Waals surface area contributed by atoms with Crippen molar-refractivity contribution in [3.8, 4) is 23.0 Å². The highest BCUT2D eigenvalue weighted by Crippen LogP contribution is 2.32. The number of para-hydroxylation sites is 1. The molecule has 1 heterocycles. The molecule has 3 N–H and O–H groups in total. The third kappa shape index (κ3) is 4.11. The fourth-order valence-corrected chi connectivity index (χ4v) is 2.61. The number of phenols is 1. The molecule has 0 unspecified atom stereocenters. The Hall–Kier alpha value is -3.09. The number of hydrogen-bond acceptors (Lipinski definition) is 5. The van der Waals surface area contributed by atoms with Gasteiger partial charge in [-0.2, -0.15) is 0 Å². The first-order chi connectivity index (χ1) is 12.7. The zero-order valence-corrected chi connectivity index (χ0v) is 14.9. The number of phenolic OH excluding ortho intramolecular Hbond substituents is 1. The molecule has 0 radical (unpaired) electrons. The molecule has 2 aromatic rings. The minimum absolute atomic E-state index is 0.133. The maximum atomic E-state index is 10.2. The maximum absolute atomic E-state index is 10.2. The first kappa shape index (κ1) is 17.7. The van der Waals surface area contributed by atoms with E-state index in [1.807, 2.05) is 37.3 Å². The summed E-state index contributed by atoms with van der Waals surface area (Å²) in [6, 6.07) is 11.2. The lowest BCUT2D eigenvalue weighted by atomic mass is 10.2. The van der Waals surface area contributed by atoms with Gasteiger partial charge in [0.2, 0.25) is 6.79 Å². The summed E-state index contributed by atoms with van der Waals surface area (Å²) in [6.45, 7) is 3.92. The minimum atomic E-state index is 0.133. The summed E-state index contributed by atoms with van der Waals surface area (Å²) >= 11 is 0. The van der Waals surface area contributed by atoms with E-state index in [9.17, 15) is 5.11 Å². The fraction of sp³-hybridized carbons (Fsp3) is 0.316. The molecular weight excluding hydrogens is 334 g/mol. The molecule has 3 rings (SSSR count). The molecule has 26 heavy (non-hydrogen) atoms. The van der Waals surface area contributed by atoms with Gasteiger partial charge < -0.3 is 30.0 Å². The van der Waals surface area contributed by atoms with E-state index in [2.05, 4.69) is 15.6 Å². The van der Waals surface area contributed by atoms with Gasteiger partial charge in [-0.15, -0.1) is 0 Å². The van der Waals surface area contributed by atoms with Gasteiger partial charge in [0.15, 0.2) is 29.0 Å². The van der Waals surface area contributed by atoms with E-state index in [1.165, 1.54) is 7.11 Å². The van der Waals surface area contributed by atoms with Crippen molar-refractivity contribution in [3.63, 3.8) is 0 Å². The number of methoxy groups -OCH3 is 1. The van der Waals surface area contributed by atoms with Gasteiger partial charge in [-0.3, -0.25) is 0 Å². The molecule has 0 spiro atoms. The highest BCUT2D eigenvalue weighted by Gasteiger charge is 2.13. The topological polar surface area (TPSA) is 84.3 Å². The van der Waals surface area contributed by atoms with E-state index >= 15 is 0 Å². The molecule has 1 aliphatic heterocycles. The molecule has 0 aromatic heterocycles. The van der Waals surface area contributed by atoms with Gasteiger partial charge in [-0.1, -0.05) is 18.2 Å². The number of guanidine groups is 1. The van der Waals surface area contributed by atoms with E-state index < -0.39 is 0 Å². The molecule has 0 atom stereocenters. The van der Waals surface area contributed by atoms with Gasteiger partial charge in [-0.25, -0.2) is 4.99 Å². The lowest BCUT2D eigenvalue weighted by Crippen LogP contribution is -2.36. The number of rotatable bonds is 6. The second kappa shape index (κ2) is 8.33. The van der Waals surface area contributed by atoms with Gasteiger partial charge in [0.05, 0.1) is 13.7 Å². The summed E-state index contributed by atoms with van der Waals surface area (Å²) in [5.41, 5.74) is 1.76. The SMILES string of the molecule is CCNC(=NCc1ccc2c(c1)OCO2)NCc1cccc(OC)c1O. The highest BCUT2D eigenvalue weighted by atomic mass is 16.7. The number of hydrogen-bond donors (Lipinski definition) is 3. The average molecular weight is 357 g/mol. The summed E-state index contributed by atoms with van der Waals surface area (Å²) in [7, 11) is 1.53. The Morgan fingerprint density at radius 3 is 2.85 bits per heavy atom. The van der Waals surface area contributed by atoms with Crippen molar-refractivity contribution < 1.29 is 19.3 Å². The Bertz CT molecular complexity index is 792. The van der Waals surface area contributed by atoms with Crippen LogP contribution in [0.3, 0.4) is 0 Å². The standard InChI is InChI=1S/C19H23N3O4/c1-3-20-19(22-11-14-5-4-6-16(24-2)18(14)23)21-10-13-7-8-15-17(9-13)26-12-25-15/h4-9,23H,3,10-12H2,1-2H3,(H2,20,21,22). The summed E-state index contributed by atoms with van der Waals surface area (Å²) in [4.78, 5) is 4.58. The number of ether oxygens (including phenoxy) is 3. The normalized spacial score (nSPS) is 12.8. The van der Waals surface area contributed by atoms with Crippen molar-refractivity contribution in [1.29, 1.82) is 0 Å². The Labute approximate surface area is 152 Å². The monoisotopic (exact) mass is 357 g/mol. The van der Waals surface area contributed by atoms with Crippen LogP contribution in [0.2, 0.25) is 0 Å². The third-order valence-corrected chi connectivity index (χ3v) is 3.95. The van der Waals surface area contributed by atoms with Crippen molar-refractivity contribution >= 4 is 5.96 Å². The van der Waals surface area contributed by atoms with Crippen molar-refractivity contribution in [2.75, 3.05) is 20.4 Å². The van der Waals surface area contributed by atoms with Crippen LogP contribution < -0.4 is 24.8 Å². The summed E-state index contributed by atoms with van der Waals surface area (Å²) < 4.78 is 15.8. The molecule has 0 aliphatic carbocycles. The third-order valence-electron chi connectivity index (χ3n) is 3.95. The predicted molar refractivity (Wildman–Crippen MR) is 98.9 cm³/mol. The van der Waals surface area contributed by atoms with Gasteiger partial charge in [-0.05, 0) is 30.7 Å². The van der Waals surface area contributed by atoms with Crippen LogP contribution in [0.5, 0.6) is 23.0 Å². The van der Waals surface area contributed by atoms with Crippen LogP contribution in [-0.4, -0.2) is 31.5 Å². The minimum Gasteiger partial charge on any atom is -0.504 e. The number of benzene rings is 2. The number of aliphatic imine (C=N–C) groups is 1. The fourth-order valence-electron chi connectivity index (χ4n) is 2.61. The molecule has 0 saturated heterocycles. The molecule has 1 aliphatic rings. The molecule has 7 nitrogen and oxygen atoms in total. The highest BCUT2D eigenvalue weighted by molar-refractivity contribution is 5.79. The van der Waals surface area contributed by atoms with Crippen LogP contribution in [0.4, 0.5) is 0 Å². The van der Waals surface area contributed by atoms with Gasteiger partial charge in [0.25, 0.3) is 0 Å². The van der Waals surface area contributed by atoms with E-state index in [-0.39, 0.29) is 12.5 Å². The molecule has 0 bridgehead atoms. The number of fused-ring (bicyclic) bond motifs is 1. The predicted octanol–water partition coefficient (Wildman–Crippen LogP) is 2.38. The van der Waals surface area contributed by atoms with E-state index in [1.54, 1.807) is 6.07 Å². The summed E-state index contributed by atoms with van der Waals surface area (Å²) in [5.74, 6) is 2.75. The Balaban J connectivity index is 1.66. The van der Waals surface area contributed by atoms with Gasteiger partial charge in [0, 0.05) is 18.7 Å². The van der Waals surface area contributed by atoms with Crippen LogP contribution in [0.15, 0.2) is 41.4 Å². The Morgan fingerprint density at radius 2 is 2.04 bits per heavy atom. The molecule has 7 heteroatoms. The number of nitrogens with one attached hydrogen (secondary N) is 2. The first-order valence-corrected chi connectivity index (χ1v) is 8.46. The first-order valence-electron chi connectivity index (χ1n) is 8.46.